The quantitative estimate of drug-likeness (QED) is 0.450. The highest BCUT2D eigenvalue weighted by molar-refractivity contribution is 6.08. The lowest BCUT2D eigenvalue weighted by atomic mass is 9.64. The minimum Gasteiger partial charge on any atom is -0.461 e. The second-order valence-corrected chi connectivity index (χ2v) is 9.11. The molecule has 4 nitrogen and oxygen atoms in total. The first-order valence-corrected chi connectivity index (χ1v) is 11.5. The standard InChI is InChI=1S/C27H28O4/c28-22-12-14-24(29)21(15-22)16-31-25(30)6-2-3-17-7-8-20-10-9-18-4-1-5-19-11-13-23(17)27(20)26(18)19/h1,5,7,9-10,15,18,20H,2-4,6,8,11-14,16H2. The molecule has 0 saturated carbocycles. The highest BCUT2D eigenvalue weighted by Crippen LogP contribution is 2.51. The zero-order valence-electron chi connectivity index (χ0n) is 17.8. The molecule has 2 atom stereocenters. The van der Waals surface area contributed by atoms with Crippen LogP contribution >= 0.6 is 0 Å². The van der Waals surface area contributed by atoms with Gasteiger partial charge >= 0.3 is 5.97 Å². The third-order valence-electron chi connectivity index (χ3n) is 7.15. The monoisotopic (exact) mass is 416 g/mol. The SMILES string of the molecule is O=C1C=C(COC(=O)CCCC2=CCC3C=CC4CC=CC5=C4C3=C2CC5)C(=O)CC1. The van der Waals surface area contributed by atoms with Gasteiger partial charge in [-0.2, -0.15) is 0 Å². The number of ether oxygens (including phenoxy) is 1. The van der Waals surface area contributed by atoms with Crippen LogP contribution < -0.4 is 0 Å². The van der Waals surface area contributed by atoms with E-state index in [1.54, 1.807) is 11.1 Å². The summed E-state index contributed by atoms with van der Waals surface area (Å²) in [5.74, 6) is 0.596. The van der Waals surface area contributed by atoms with Gasteiger partial charge in [-0.05, 0) is 72.5 Å². The number of Topliss-reactive ketones (excluding diaryl/α,β-unsaturated/α-hetero) is 1. The second-order valence-electron chi connectivity index (χ2n) is 9.11. The van der Waals surface area contributed by atoms with E-state index in [2.05, 4.69) is 30.4 Å². The van der Waals surface area contributed by atoms with Gasteiger partial charge in [0.15, 0.2) is 11.6 Å². The van der Waals surface area contributed by atoms with E-state index in [1.807, 2.05) is 0 Å². The topological polar surface area (TPSA) is 60.4 Å². The molecular formula is C27H28O4. The Balaban J connectivity index is 1.19. The van der Waals surface area contributed by atoms with Crippen LogP contribution in [0.1, 0.15) is 57.8 Å². The fourth-order valence-electron chi connectivity index (χ4n) is 5.61. The molecular weight excluding hydrogens is 388 g/mol. The molecule has 0 bridgehead atoms. The Morgan fingerprint density at radius 3 is 2.68 bits per heavy atom. The van der Waals surface area contributed by atoms with Crippen molar-refractivity contribution in [3.8, 4) is 0 Å². The number of hydrogen-bond donors (Lipinski definition) is 0. The van der Waals surface area contributed by atoms with Gasteiger partial charge in [0.05, 0.1) is 0 Å². The molecule has 5 aliphatic rings. The Kier molecular flexibility index (Phi) is 5.47. The summed E-state index contributed by atoms with van der Waals surface area (Å²) in [5.41, 5.74) is 7.94. The zero-order valence-corrected chi connectivity index (χ0v) is 17.8. The largest absolute Gasteiger partial charge is 0.461 e. The molecule has 5 aliphatic carbocycles. The first-order chi connectivity index (χ1) is 15.1. The summed E-state index contributed by atoms with van der Waals surface area (Å²) in [4.78, 5) is 35.5. The van der Waals surface area contributed by atoms with E-state index >= 15 is 0 Å². The van der Waals surface area contributed by atoms with Gasteiger partial charge in [-0.3, -0.25) is 14.4 Å². The maximum Gasteiger partial charge on any atom is 0.306 e. The lowest BCUT2D eigenvalue weighted by Gasteiger charge is -2.40. The van der Waals surface area contributed by atoms with E-state index in [1.165, 1.54) is 22.8 Å². The fraction of sp³-hybridized carbons (Fsp3) is 0.444. The van der Waals surface area contributed by atoms with Crippen LogP contribution in [-0.4, -0.2) is 24.1 Å². The maximum atomic E-state index is 12.2. The van der Waals surface area contributed by atoms with Crippen molar-refractivity contribution in [2.45, 2.75) is 57.8 Å². The van der Waals surface area contributed by atoms with Crippen molar-refractivity contribution in [3.05, 3.63) is 69.9 Å². The van der Waals surface area contributed by atoms with E-state index in [-0.39, 0.29) is 37.0 Å². The molecule has 2 unspecified atom stereocenters. The molecule has 0 heterocycles. The molecule has 160 valence electrons. The summed E-state index contributed by atoms with van der Waals surface area (Å²) in [6.45, 7) is -0.0821. The molecule has 0 aromatic carbocycles. The van der Waals surface area contributed by atoms with E-state index in [4.69, 9.17) is 4.74 Å². The van der Waals surface area contributed by atoms with E-state index in [0.717, 1.165) is 38.5 Å². The van der Waals surface area contributed by atoms with Crippen molar-refractivity contribution >= 4 is 17.5 Å². The molecule has 0 spiro atoms. The van der Waals surface area contributed by atoms with Gasteiger partial charge in [-0.15, -0.1) is 0 Å². The van der Waals surface area contributed by atoms with Crippen LogP contribution in [-0.2, 0) is 19.1 Å². The van der Waals surface area contributed by atoms with Crippen LogP contribution in [0.5, 0.6) is 0 Å². The number of ketones is 2. The van der Waals surface area contributed by atoms with Gasteiger partial charge in [0.25, 0.3) is 0 Å². The van der Waals surface area contributed by atoms with E-state index in [9.17, 15) is 14.4 Å². The lowest BCUT2D eigenvalue weighted by molar-refractivity contribution is -0.143. The van der Waals surface area contributed by atoms with Crippen LogP contribution in [0, 0.1) is 11.8 Å². The van der Waals surface area contributed by atoms with Crippen LogP contribution in [0.2, 0.25) is 0 Å². The first-order valence-electron chi connectivity index (χ1n) is 11.5. The highest BCUT2D eigenvalue weighted by atomic mass is 16.5. The molecule has 0 amide bonds. The minimum absolute atomic E-state index is 0.0679. The number of allylic oxidation sites excluding steroid dienone is 11. The molecule has 0 aromatic heterocycles. The normalized spacial score (nSPS) is 26.6. The van der Waals surface area contributed by atoms with Gasteiger partial charge in [0.2, 0.25) is 0 Å². The number of rotatable bonds is 6. The Hall–Kier alpha value is -2.75. The van der Waals surface area contributed by atoms with Crippen LogP contribution in [0.25, 0.3) is 0 Å². The summed E-state index contributed by atoms with van der Waals surface area (Å²) in [6, 6.07) is 0. The summed E-state index contributed by atoms with van der Waals surface area (Å²) < 4.78 is 5.27. The Labute approximate surface area is 183 Å². The Morgan fingerprint density at radius 2 is 1.81 bits per heavy atom. The minimum atomic E-state index is -0.301. The average Bonchev–Trinajstić information content (AvgIpc) is 2.79. The molecule has 0 fully saturated rings. The van der Waals surface area contributed by atoms with Crippen molar-refractivity contribution in [2.75, 3.05) is 6.61 Å². The van der Waals surface area contributed by atoms with Crippen molar-refractivity contribution < 1.29 is 19.1 Å². The number of hydrogen-bond acceptors (Lipinski definition) is 4. The van der Waals surface area contributed by atoms with Gasteiger partial charge in [-0.25, -0.2) is 0 Å². The van der Waals surface area contributed by atoms with E-state index in [0.29, 0.717) is 23.8 Å². The summed E-state index contributed by atoms with van der Waals surface area (Å²) in [5, 5.41) is 0. The van der Waals surface area contributed by atoms with Crippen molar-refractivity contribution in [3.63, 3.8) is 0 Å². The molecule has 0 saturated heterocycles. The zero-order chi connectivity index (χ0) is 21.4. The van der Waals surface area contributed by atoms with Gasteiger partial charge in [0.1, 0.15) is 6.61 Å². The predicted molar refractivity (Wildman–Crippen MR) is 118 cm³/mol. The van der Waals surface area contributed by atoms with E-state index < -0.39 is 0 Å². The fourth-order valence-corrected chi connectivity index (χ4v) is 5.61. The Morgan fingerprint density at radius 1 is 0.968 bits per heavy atom. The molecule has 5 rings (SSSR count). The molecule has 0 aromatic rings. The van der Waals surface area contributed by atoms with Crippen LogP contribution in [0.15, 0.2) is 69.9 Å². The third kappa shape index (κ3) is 3.96. The van der Waals surface area contributed by atoms with Crippen molar-refractivity contribution in [1.29, 1.82) is 0 Å². The number of esters is 1. The van der Waals surface area contributed by atoms with Crippen molar-refractivity contribution in [2.24, 2.45) is 11.8 Å². The third-order valence-corrected chi connectivity index (χ3v) is 7.15. The smallest absolute Gasteiger partial charge is 0.306 e. The van der Waals surface area contributed by atoms with Crippen LogP contribution in [0.3, 0.4) is 0 Å². The predicted octanol–water partition coefficient (Wildman–Crippen LogP) is 5.04. The number of carbonyl (C=O) groups excluding carboxylic acids is 3. The summed E-state index contributed by atoms with van der Waals surface area (Å²) in [6.07, 6.45) is 20.0. The Bertz CT molecular complexity index is 1030. The second kappa shape index (κ2) is 8.41. The molecule has 0 radical (unpaired) electrons. The molecule has 31 heavy (non-hydrogen) atoms. The average molecular weight is 417 g/mol. The molecule has 0 N–H and O–H groups in total. The van der Waals surface area contributed by atoms with Gasteiger partial charge < -0.3 is 4.74 Å². The van der Waals surface area contributed by atoms with Gasteiger partial charge in [0, 0.05) is 36.7 Å². The number of carbonyl (C=O) groups is 3. The lowest BCUT2D eigenvalue weighted by Crippen LogP contribution is -2.25. The van der Waals surface area contributed by atoms with Crippen LogP contribution in [0.4, 0.5) is 0 Å². The molecule has 0 aliphatic heterocycles. The highest BCUT2D eigenvalue weighted by Gasteiger charge is 2.35. The summed E-state index contributed by atoms with van der Waals surface area (Å²) in [7, 11) is 0. The first kappa shape index (κ1) is 20.2. The molecule has 4 heteroatoms. The maximum absolute atomic E-state index is 12.2. The van der Waals surface area contributed by atoms with Crippen molar-refractivity contribution in [1.82, 2.24) is 0 Å². The van der Waals surface area contributed by atoms with Gasteiger partial charge in [-0.1, -0.05) is 30.4 Å². The summed E-state index contributed by atoms with van der Waals surface area (Å²) >= 11 is 0.